The van der Waals surface area contributed by atoms with Crippen molar-refractivity contribution >= 4 is 23.3 Å². The molecule has 6 aromatic rings. The Balaban J connectivity index is 1.21. The van der Waals surface area contributed by atoms with Gasteiger partial charge in [0.1, 0.15) is 19.0 Å². The third-order valence-corrected chi connectivity index (χ3v) is 8.52. The second-order valence-electron chi connectivity index (χ2n) is 11.3. The Labute approximate surface area is 273 Å². The van der Waals surface area contributed by atoms with Crippen LogP contribution in [0.2, 0.25) is 0 Å². The number of H-pyrrole nitrogens is 1. The van der Waals surface area contributed by atoms with Gasteiger partial charge in [-0.25, -0.2) is 4.98 Å². The van der Waals surface area contributed by atoms with Gasteiger partial charge in [-0.15, -0.1) is 0 Å². The standard InChI is InChI=1S/C36H36N6O3S/c46-36-39-38-34(41(36)18-17-40-19-21-43-22-20-40)24-42-31-14-8-7-13-30(31)37-35(42)29-15-16-32(44-25-27-9-3-1-4-10-27)33(23-29)45-26-28-11-5-2-6-12-28/h1-16,23H,17-22,24-26H2,(H,39,46). The lowest BCUT2D eigenvalue weighted by Gasteiger charge is -2.26. The molecule has 46 heavy (non-hydrogen) atoms. The summed E-state index contributed by atoms with van der Waals surface area (Å²) in [5, 5.41) is 7.68. The van der Waals surface area contributed by atoms with Gasteiger partial charge >= 0.3 is 0 Å². The fourth-order valence-corrected chi connectivity index (χ4v) is 5.96. The molecule has 1 aliphatic heterocycles. The summed E-state index contributed by atoms with van der Waals surface area (Å²) < 4.78 is 23.1. The Kier molecular flexibility index (Phi) is 9.18. The highest BCUT2D eigenvalue weighted by atomic mass is 32.1. The van der Waals surface area contributed by atoms with Crippen molar-refractivity contribution in [2.45, 2.75) is 26.3 Å². The Hall–Kier alpha value is -4.77. The van der Waals surface area contributed by atoms with E-state index in [1.807, 2.05) is 72.8 Å². The number of hydrogen-bond donors (Lipinski definition) is 1. The van der Waals surface area contributed by atoms with E-state index in [2.05, 4.69) is 54.6 Å². The minimum atomic E-state index is 0.417. The van der Waals surface area contributed by atoms with Crippen molar-refractivity contribution < 1.29 is 14.2 Å². The Morgan fingerprint density at radius 1 is 0.739 bits per heavy atom. The molecule has 1 aliphatic rings. The summed E-state index contributed by atoms with van der Waals surface area (Å²) in [7, 11) is 0. The third-order valence-electron chi connectivity index (χ3n) is 8.21. The fourth-order valence-electron chi connectivity index (χ4n) is 5.71. The number of nitrogens with one attached hydrogen (secondary N) is 1. The summed E-state index contributed by atoms with van der Waals surface area (Å²) in [6.45, 7) is 6.37. The maximum absolute atomic E-state index is 6.41. The molecular formula is C36H36N6O3S. The number of imidazole rings is 1. The maximum atomic E-state index is 6.41. The molecule has 0 saturated carbocycles. The molecule has 0 amide bonds. The van der Waals surface area contributed by atoms with Crippen LogP contribution >= 0.6 is 12.2 Å². The van der Waals surface area contributed by atoms with Gasteiger partial charge in [-0.1, -0.05) is 72.8 Å². The highest BCUT2D eigenvalue weighted by molar-refractivity contribution is 7.71. The smallest absolute Gasteiger partial charge is 0.195 e. The molecule has 0 atom stereocenters. The number of fused-ring (bicyclic) bond motifs is 1. The lowest BCUT2D eigenvalue weighted by atomic mass is 10.1. The van der Waals surface area contributed by atoms with E-state index in [0.29, 0.717) is 36.0 Å². The molecule has 7 rings (SSSR count). The summed E-state index contributed by atoms with van der Waals surface area (Å²) in [5.74, 6) is 3.00. The predicted molar refractivity (Wildman–Crippen MR) is 180 cm³/mol. The lowest BCUT2D eigenvalue weighted by Crippen LogP contribution is -2.38. The van der Waals surface area contributed by atoms with Crippen LogP contribution in [0.1, 0.15) is 17.0 Å². The molecule has 4 aromatic carbocycles. The number of benzene rings is 4. The Morgan fingerprint density at radius 3 is 2.15 bits per heavy atom. The summed E-state index contributed by atoms with van der Waals surface area (Å²) >= 11 is 5.66. The van der Waals surface area contributed by atoms with Crippen LogP contribution in [0.5, 0.6) is 11.5 Å². The molecule has 9 nitrogen and oxygen atoms in total. The van der Waals surface area contributed by atoms with Crippen LogP contribution in [0, 0.1) is 4.77 Å². The fraction of sp³-hybridized carbons (Fsp3) is 0.250. The van der Waals surface area contributed by atoms with Crippen LogP contribution in [-0.4, -0.2) is 62.1 Å². The summed E-state index contributed by atoms with van der Waals surface area (Å²) in [5.41, 5.74) is 5.00. The zero-order chi connectivity index (χ0) is 31.1. The van der Waals surface area contributed by atoms with Crippen molar-refractivity contribution in [3.05, 3.63) is 125 Å². The van der Waals surface area contributed by atoms with Crippen molar-refractivity contribution in [1.82, 2.24) is 29.2 Å². The van der Waals surface area contributed by atoms with Gasteiger partial charge in [0.2, 0.25) is 0 Å². The number of ether oxygens (including phenoxy) is 3. The van der Waals surface area contributed by atoms with Gasteiger partial charge in [0.25, 0.3) is 0 Å². The number of morpholine rings is 1. The summed E-state index contributed by atoms with van der Waals surface area (Å²) in [6.07, 6.45) is 0. The predicted octanol–water partition coefficient (Wildman–Crippen LogP) is 6.50. The zero-order valence-corrected chi connectivity index (χ0v) is 26.4. The van der Waals surface area contributed by atoms with Crippen LogP contribution in [0.15, 0.2) is 103 Å². The molecular weight excluding hydrogens is 597 g/mol. The van der Waals surface area contributed by atoms with Crippen LogP contribution in [0.25, 0.3) is 22.4 Å². The number of aromatic nitrogens is 5. The second kappa shape index (κ2) is 14.1. The minimum Gasteiger partial charge on any atom is -0.485 e. The van der Waals surface area contributed by atoms with E-state index in [4.69, 9.17) is 31.4 Å². The topological polar surface area (TPSA) is 82.4 Å². The van der Waals surface area contributed by atoms with Gasteiger partial charge in [0.15, 0.2) is 22.1 Å². The molecule has 0 radical (unpaired) electrons. The number of nitrogens with zero attached hydrogens (tertiary/aromatic N) is 5. The molecule has 0 unspecified atom stereocenters. The number of rotatable bonds is 12. The van der Waals surface area contributed by atoms with Crippen molar-refractivity contribution in [3.8, 4) is 22.9 Å². The normalized spacial score (nSPS) is 13.7. The molecule has 10 heteroatoms. The quantitative estimate of drug-likeness (QED) is 0.154. The molecule has 1 saturated heterocycles. The highest BCUT2D eigenvalue weighted by Crippen LogP contribution is 2.35. The van der Waals surface area contributed by atoms with Crippen molar-refractivity contribution in [1.29, 1.82) is 0 Å². The number of para-hydroxylation sites is 2. The van der Waals surface area contributed by atoms with Crippen LogP contribution in [-0.2, 0) is 31.0 Å². The average molecular weight is 633 g/mol. The van der Waals surface area contributed by atoms with Gasteiger partial charge in [0, 0.05) is 31.7 Å². The van der Waals surface area contributed by atoms with E-state index in [1.54, 1.807) is 0 Å². The third kappa shape index (κ3) is 6.89. The molecule has 1 N–H and O–H groups in total. The van der Waals surface area contributed by atoms with E-state index >= 15 is 0 Å². The van der Waals surface area contributed by atoms with E-state index in [9.17, 15) is 0 Å². The molecule has 0 spiro atoms. The van der Waals surface area contributed by atoms with Crippen molar-refractivity contribution in [3.63, 3.8) is 0 Å². The van der Waals surface area contributed by atoms with Gasteiger partial charge in [-0.05, 0) is 53.7 Å². The monoisotopic (exact) mass is 632 g/mol. The van der Waals surface area contributed by atoms with Crippen molar-refractivity contribution in [2.24, 2.45) is 0 Å². The maximum Gasteiger partial charge on any atom is 0.195 e. The zero-order valence-electron chi connectivity index (χ0n) is 25.5. The lowest BCUT2D eigenvalue weighted by molar-refractivity contribution is 0.0362. The molecule has 3 heterocycles. The molecule has 0 aliphatic carbocycles. The first-order valence-corrected chi connectivity index (χ1v) is 16.0. The number of hydrogen-bond acceptors (Lipinski definition) is 7. The summed E-state index contributed by atoms with van der Waals surface area (Å²) in [6, 6.07) is 34.5. The van der Waals surface area contributed by atoms with Crippen LogP contribution < -0.4 is 9.47 Å². The summed E-state index contributed by atoms with van der Waals surface area (Å²) in [4.78, 5) is 7.49. The van der Waals surface area contributed by atoms with Gasteiger partial charge in [0.05, 0.1) is 30.8 Å². The first kappa shape index (κ1) is 29.9. The van der Waals surface area contributed by atoms with Crippen LogP contribution in [0.4, 0.5) is 0 Å². The van der Waals surface area contributed by atoms with Gasteiger partial charge in [-0.2, -0.15) is 5.10 Å². The van der Waals surface area contributed by atoms with E-state index in [-0.39, 0.29) is 0 Å². The largest absolute Gasteiger partial charge is 0.485 e. The first-order chi connectivity index (χ1) is 22.7. The first-order valence-electron chi connectivity index (χ1n) is 15.6. The second-order valence-corrected chi connectivity index (χ2v) is 11.7. The van der Waals surface area contributed by atoms with Gasteiger partial charge < -0.3 is 23.3 Å². The Morgan fingerprint density at radius 2 is 1.41 bits per heavy atom. The average Bonchev–Trinajstić information content (AvgIpc) is 3.66. The van der Waals surface area contributed by atoms with E-state index in [1.165, 1.54) is 0 Å². The minimum absolute atomic E-state index is 0.417. The molecule has 1 fully saturated rings. The molecule has 0 bridgehead atoms. The molecule has 234 valence electrons. The van der Waals surface area contributed by atoms with E-state index < -0.39 is 0 Å². The van der Waals surface area contributed by atoms with Crippen molar-refractivity contribution in [2.75, 3.05) is 32.8 Å². The van der Waals surface area contributed by atoms with Crippen LogP contribution in [0.3, 0.4) is 0 Å². The van der Waals surface area contributed by atoms with Gasteiger partial charge in [-0.3, -0.25) is 10.00 Å². The SMILES string of the molecule is S=c1[nH]nc(Cn2c(-c3ccc(OCc4ccccc4)c(OCc4ccccc4)c3)nc3ccccc32)n1CCN1CCOCC1. The Bertz CT molecular complexity index is 1950. The highest BCUT2D eigenvalue weighted by Gasteiger charge is 2.19. The van der Waals surface area contributed by atoms with E-state index in [0.717, 1.165) is 78.8 Å². The number of aromatic amines is 1. The molecule has 2 aromatic heterocycles.